The van der Waals surface area contributed by atoms with Crippen LogP contribution in [-0.4, -0.2) is 33.3 Å². The molecule has 0 fully saturated rings. The van der Waals surface area contributed by atoms with Crippen LogP contribution in [0.15, 0.2) is 54.1 Å². The summed E-state index contributed by atoms with van der Waals surface area (Å²) in [7, 11) is 1.55. The quantitative estimate of drug-likeness (QED) is 0.673. The van der Waals surface area contributed by atoms with E-state index in [0.717, 1.165) is 10.8 Å². The lowest BCUT2D eigenvalue weighted by Crippen LogP contribution is -2.14. The number of hydrogen-bond acceptors (Lipinski definition) is 5. The van der Waals surface area contributed by atoms with Crippen LogP contribution in [-0.2, 0) is 4.79 Å². The van der Waals surface area contributed by atoms with Crippen LogP contribution >= 0.6 is 11.8 Å². The Morgan fingerprint density at radius 3 is 2.81 bits per heavy atom. The highest BCUT2D eigenvalue weighted by Crippen LogP contribution is 2.24. The van der Waals surface area contributed by atoms with Crippen LogP contribution in [0.3, 0.4) is 0 Å². The van der Waals surface area contributed by atoms with Crippen LogP contribution < -0.4 is 10.1 Å². The number of aromatic nitrogens is 3. The maximum Gasteiger partial charge on any atom is 0.234 e. The molecule has 0 spiro atoms. The lowest BCUT2D eigenvalue weighted by molar-refractivity contribution is -0.113. The van der Waals surface area contributed by atoms with Crippen molar-refractivity contribution in [3.8, 4) is 11.6 Å². The second-order valence-corrected chi connectivity index (χ2v) is 6.67. The van der Waals surface area contributed by atoms with Crippen LogP contribution in [0, 0.1) is 13.8 Å². The average molecular weight is 368 g/mol. The predicted octanol–water partition coefficient (Wildman–Crippen LogP) is 3.62. The molecule has 0 saturated heterocycles. The van der Waals surface area contributed by atoms with Gasteiger partial charge in [-0.3, -0.25) is 9.36 Å². The fourth-order valence-corrected chi connectivity index (χ4v) is 3.24. The van der Waals surface area contributed by atoms with Crippen molar-refractivity contribution in [3.05, 3.63) is 60.0 Å². The molecule has 0 radical (unpaired) electrons. The van der Waals surface area contributed by atoms with Crippen molar-refractivity contribution in [2.75, 3.05) is 18.2 Å². The molecule has 2 aromatic heterocycles. The van der Waals surface area contributed by atoms with E-state index in [1.807, 2.05) is 16.8 Å². The van der Waals surface area contributed by atoms with Gasteiger partial charge in [-0.05, 0) is 37.1 Å². The van der Waals surface area contributed by atoms with E-state index in [4.69, 9.17) is 4.74 Å². The number of nitrogens with zero attached hydrogens (tertiary/aromatic N) is 3. The molecule has 0 aliphatic heterocycles. The van der Waals surface area contributed by atoms with Gasteiger partial charge in [0.25, 0.3) is 0 Å². The summed E-state index contributed by atoms with van der Waals surface area (Å²) in [6.45, 7) is 4.17. The number of hydrogen-bond donors (Lipinski definition) is 1. The Morgan fingerprint density at radius 2 is 2.08 bits per heavy atom. The Hall–Kier alpha value is -2.80. The molecule has 1 N–H and O–H groups in total. The van der Waals surface area contributed by atoms with Gasteiger partial charge >= 0.3 is 0 Å². The molecule has 3 rings (SSSR count). The number of ether oxygens (including phenoxy) is 1. The highest BCUT2D eigenvalue weighted by Gasteiger charge is 2.11. The molecule has 0 bridgehead atoms. The van der Waals surface area contributed by atoms with Gasteiger partial charge in [-0.1, -0.05) is 23.9 Å². The van der Waals surface area contributed by atoms with Crippen molar-refractivity contribution < 1.29 is 9.53 Å². The number of thioether (sulfide) groups is 1. The average Bonchev–Trinajstić information content (AvgIpc) is 3.11. The summed E-state index contributed by atoms with van der Waals surface area (Å²) in [5.74, 6) is 0.652. The number of imidazole rings is 1. The molecular weight excluding hydrogens is 348 g/mol. The summed E-state index contributed by atoms with van der Waals surface area (Å²) >= 11 is 1.39. The van der Waals surface area contributed by atoms with Crippen molar-refractivity contribution in [1.29, 1.82) is 0 Å². The number of nitrogens with one attached hydrogen (secondary N) is 1. The van der Waals surface area contributed by atoms with Crippen LogP contribution in [0.2, 0.25) is 0 Å². The molecule has 0 aliphatic carbocycles. The second kappa shape index (κ2) is 8.05. The van der Waals surface area contributed by atoms with E-state index >= 15 is 0 Å². The molecule has 0 atom stereocenters. The molecular formula is C19H20N4O2S. The van der Waals surface area contributed by atoms with Gasteiger partial charge in [0.1, 0.15) is 0 Å². The molecule has 0 unspecified atom stereocenters. The third-order valence-electron chi connectivity index (χ3n) is 4.00. The number of aryl methyl sites for hydroxylation is 1. The maximum absolute atomic E-state index is 12.2. The number of methoxy groups -OCH3 is 1. The molecule has 1 aromatic carbocycles. The number of benzene rings is 1. The van der Waals surface area contributed by atoms with E-state index in [2.05, 4.69) is 41.3 Å². The van der Waals surface area contributed by atoms with E-state index in [9.17, 15) is 4.79 Å². The summed E-state index contributed by atoms with van der Waals surface area (Å²) in [5, 5.41) is 3.60. The zero-order chi connectivity index (χ0) is 18.5. The second-order valence-electron chi connectivity index (χ2n) is 5.72. The van der Waals surface area contributed by atoms with E-state index in [1.165, 1.54) is 22.9 Å². The van der Waals surface area contributed by atoms with Gasteiger partial charge in [-0.25, -0.2) is 9.97 Å². The highest BCUT2D eigenvalue weighted by atomic mass is 32.2. The lowest BCUT2D eigenvalue weighted by Gasteiger charge is -2.12. The largest absolute Gasteiger partial charge is 0.481 e. The predicted molar refractivity (Wildman–Crippen MR) is 103 cm³/mol. The smallest absolute Gasteiger partial charge is 0.234 e. The molecule has 0 saturated carbocycles. The van der Waals surface area contributed by atoms with Gasteiger partial charge in [-0.15, -0.1) is 0 Å². The van der Waals surface area contributed by atoms with Crippen molar-refractivity contribution in [3.63, 3.8) is 0 Å². The van der Waals surface area contributed by atoms with Gasteiger partial charge in [-0.2, -0.15) is 0 Å². The van der Waals surface area contributed by atoms with Crippen LogP contribution in [0.5, 0.6) is 5.88 Å². The Kier molecular flexibility index (Phi) is 5.58. The molecule has 134 valence electrons. The van der Waals surface area contributed by atoms with Crippen LogP contribution in [0.25, 0.3) is 5.69 Å². The van der Waals surface area contributed by atoms with Crippen molar-refractivity contribution in [1.82, 2.24) is 14.5 Å². The standard InChI is InChI=1S/C19H20N4O2S/c1-13-5-4-6-16(14(13)2)23-10-9-20-19(23)26-12-17(24)22-15-7-8-18(25-3)21-11-15/h4-11H,12H2,1-3H3,(H,22,24). The minimum absolute atomic E-state index is 0.113. The van der Waals surface area contributed by atoms with E-state index < -0.39 is 0 Å². The summed E-state index contributed by atoms with van der Waals surface area (Å²) < 4.78 is 7.01. The highest BCUT2D eigenvalue weighted by molar-refractivity contribution is 7.99. The summed E-state index contributed by atoms with van der Waals surface area (Å²) in [6, 6.07) is 9.62. The molecule has 7 heteroatoms. The Balaban J connectivity index is 1.66. The fraction of sp³-hybridized carbons (Fsp3) is 0.211. The Labute approximate surface area is 156 Å². The molecule has 2 heterocycles. The number of anilines is 1. The lowest BCUT2D eigenvalue weighted by atomic mass is 10.1. The van der Waals surface area contributed by atoms with Crippen LogP contribution in [0.4, 0.5) is 5.69 Å². The Bertz CT molecular complexity index is 906. The van der Waals surface area contributed by atoms with Gasteiger partial charge in [0.2, 0.25) is 11.8 Å². The minimum atomic E-state index is -0.113. The summed E-state index contributed by atoms with van der Waals surface area (Å²) in [6.07, 6.45) is 5.23. The minimum Gasteiger partial charge on any atom is -0.481 e. The van der Waals surface area contributed by atoms with Crippen molar-refractivity contribution in [2.24, 2.45) is 0 Å². The SMILES string of the molecule is COc1ccc(NC(=O)CSc2nccn2-c2cccc(C)c2C)cn1. The third kappa shape index (κ3) is 4.05. The number of carbonyl (C=O) groups is 1. The number of carbonyl (C=O) groups excluding carboxylic acids is 1. The molecule has 1 amide bonds. The maximum atomic E-state index is 12.2. The van der Waals surface area contributed by atoms with E-state index in [-0.39, 0.29) is 11.7 Å². The first-order chi connectivity index (χ1) is 12.6. The summed E-state index contributed by atoms with van der Waals surface area (Å²) in [4.78, 5) is 20.7. The fourth-order valence-electron chi connectivity index (χ4n) is 2.48. The molecule has 6 nitrogen and oxygen atoms in total. The number of rotatable bonds is 6. The van der Waals surface area contributed by atoms with Gasteiger partial charge in [0.15, 0.2) is 5.16 Å². The van der Waals surface area contributed by atoms with Crippen LogP contribution in [0.1, 0.15) is 11.1 Å². The zero-order valence-electron chi connectivity index (χ0n) is 14.9. The van der Waals surface area contributed by atoms with Gasteiger partial charge in [0, 0.05) is 18.5 Å². The molecule has 0 aliphatic rings. The molecule has 3 aromatic rings. The van der Waals surface area contributed by atoms with Crippen molar-refractivity contribution in [2.45, 2.75) is 19.0 Å². The van der Waals surface area contributed by atoms with E-state index in [0.29, 0.717) is 11.6 Å². The Morgan fingerprint density at radius 1 is 1.23 bits per heavy atom. The summed E-state index contributed by atoms with van der Waals surface area (Å²) in [5.41, 5.74) is 4.12. The number of pyridine rings is 1. The van der Waals surface area contributed by atoms with Crippen molar-refractivity contribution >= 4 is 23.4 Å². The first kappa shape index (κ1) is 18.0. The van der Waals surface area contributed by atoms with Gasteiger partial charge in [0.05, 0.1) is 30.4 Å². The van der Waals surface area contributed by atoms with Gasteiger partial charge < -0.3 is 10.1 Å². The normalized spacial score (nSPS) is 10.6. The monoisotopic (exact) mass is 368 g/mol. The van der Waals surface area contributed by atoms with E-state index in [1.54, 1.807) is 31.6 Å². The third-order valence-corrected chi connectivity index (χ3v) is 4.97. The first-order valence-electron chi connectivity index (χ1n) is 8.11. The zero-order valence-corrected chi connectivity index (χ0v) is 15.7. The number of amides is 1. The molecule has 26 heavy (non-hydrogen) atoms. The topological polar surface area (TPSA) is 69.0 Å². The first-order valence-corrected chi connectivity index (χ1v) is 9.09.